The Morgan fingerprint density at radius 3 is 2.65 bits per heavy atom. The van der Waals surface area contributed by atoms with Crippen molar-refractivity contribution in [2.24, 2.45) is 0 Å². The molecule has 1 aromatic carbocycles. The van der Waals surface area contributed by atoms with E-state index in [2.05, 4.69) is 0 Å². The van der Waals surface area contributed by atoms with Crippen LogP contribution in [0.4, 0.5) is 4.79 Å². The first-order valence-electron chi connectivity index (χ1n) is 8.10. The maximum Gasteiger partial charge on any atom is 0.409 e. The molecule has 2 heterocycles. The van der Waals surface area contributed by atoms with Crippen molar-refractivity contribution in [1.29, 1.82) is 0 Å². The van der Waals surface area contributed by atoms with Crippen molar-refractivity contribution in [1.82, 2.24) is 14.4 Å². The second-order valence-corrected chi connectivity index (χ2v) is 7.58. The number of amides is 1. The van der Waals surface area contributed by atoms with Crippen molar-refractivity contribution < 1.29 is 14.3 Å². The first-order valence-corrected chi connectivity index (χ1v) is 9.30. The Labute approximate surface area is 159 Å². The molecule has 7 nitrogen and oxygen atoms in total. The Kier molecular flexibility index (Phi) is 5.36. The number of thiazole rings is 1. The van der Waals surface area contributed by atoms with Gasteiger partial charge in [-0.25, -0.2) is 14.2 Å². The van der Waals surface area contributed by atoms with E-state index in [1.807, 2.05) is 5.94 Å². The van der Waals surface area contributed by atoms with Crippen LogP contribution < -0.4 is 4.87 Å². The Bertz CT molecular complexity index is 937. The van der Waals surface area contributed by atoms with Crippen molar-refractivity contribution in [2.75, 3.05) is 27.2 Å². The highest BCUT2D eigenvalue weighted by Crippen LogP contribution is 2.29. The highest BCUT2D eigenvalue weighted by Gasteiger charge is 2.27. The molecule has 9 heteroatoms. The second-order valence-electron chi connectivity index (χ2n) is 6.18. The van der Waals surface area contributed by atoms with Gasteiger partial charge in [0.15, 0.2) is 5.94 Å². The van der Waals surface area contributed by atoms with E-state index in [4.69, 9.17) is 16.3 Å². The van der Waals surface area contributed by atoms with Gasteiger partial charge in [0.2, 0.25) is 5.82 Å². The summed E-state index contributed by atoms with van der Waals surface area (Å²) in [5.41, 5.74) is 0.517. The van der Waals surface area contributed by atoms with E-state index in [1.54, 1.807) is 37.2 Å². The Morgan fingerprint density at radius 1 is 1.35 bits per heavy atom. The molecule has 1 saturated heterocycles. The zero-order valence-corrected chi connectivity index (χ0v) is 16.0. The lowest BCUT2D eigenvalue weighted by Crippen LogP contribution is -2.40. The number of carbonyl (C=O) groups excluding carboxylic acids is 2. The van der Waals surface area contributed by atoms with Gasteiger partial charge in [-0.1, -0.05) is 29.0 Å². The zero-order chi connectivity index (χ0) is 18.8. The molecule has 0 atom stereocenters. The third kappa shape index (κ3) is 3.49. The highest BCUT2D eigenvalue weighted by molar-refractivity contribution is 7.16. The van der Waals surface area contributed by atoms with Gasteiger partial charge in [0.1, 0.15) is 6.10 Å². The van der Waals surface area contributed by atoms with Crippen LogP contribution in [-0.4, -0.2) is 59.7 Å². The van der Waals surface area contributed by atoms with Crippen molar-refractivity contribution in [3.05, 3.63) is 32.9 Å². The predicted octanol–water partition coefficient (Wildman–Crippen LogP) is 2.51. The van der Waals surface area contributed by atoms with Gasteiger partial charge in [-0.05, 0) is 12.1 Å². The number of para-hydroxylation sites is 1. The first-order chi connectivity index (χ1) is 12.4. The van der Waals surface area contributed by atoms with Crippen molar-refractivity contribution in [3.8, 4) is 0 Å². The number of hydrogen-bond donors (Lipinski definition) is 0. The summed E-state index contributed by atoms with van der Waals surface area (Å²) in [6.07, 6.45) is 0.528. The maximum absolute atomic E-state index is 12.4. The fourth-order valence-corrected chi connectivity index (χ4v) is 4.12. The minimum absolute atomic E-state index is 0.145. The first kappa shape index (κ1) is 18.5. The molecule has 0 aliphatic carbocycles. The average molecular weight is 396 g/mol. The molecule has 0 bridgehead atoms. The number of halogens is 1. The molecule has 1 aliphatic heterocycles. The van der Waals surface area contributed by atoms with Crippen molar-refractivity contribution in [3.63, 3.8) is 0 Å². The molecular formula is C17H18ClN3O4S. The molecule has 0 saturated carbocycles. The molecule has 3 rings (SSSR count). The quantitative estimate of drug-likeness (QED) is 0.747. The van der Waals surface area contributed by atoms with Gasteiger partial charge in [-0.2, -0.15) is 0 Å². The number of nitrogens with zero attached hydrogens (tertiary/aromatic N) is 3. The van der Waals surface area contributed by atoms with E-state index in [1.165, 1.54) is 9.47 Å². The van der Waals surface area contributed by atoms with Crippen LogP contribution in [0.25, 0.3) is 16.0 Å². The molecule has 2 aromatic rings. The number of carbonyl (C=O) groups is 1. The lowest BCUT2D eigenvalue weighted by Gasteiger charge is -2.33. The molecule has 0 spiro atoms. The number of ether oxygens (including phenoxy) is 1. The summed E-state index contributed by atoms with van der Waals surface area (Å²) < 4.78 is 7.42. The standard InChI is InChI=1S/C17H18ClN3O4S/c1-19(2)16(23)25-11-6-8-20(9-7-11)14(10-22)21-15-12(18)4-3-5-13(15)26-17(21)24/h3-5,11H,6-9H2,1-2H3. The highest BCUT2D eigenvalue weighted by atomic mass is 35.5. The molecule has 1 amide bonds. The van der Waals surface area contributed by atoms with Crippen molar-refractivity contribution in [2.45, 2.75) is 18.9 Å². The monoisotopic (exact) mass is 395 g/mol. The summed E-state index contributed by atoms with van der Waals surface area (Å²) in [4.78, 5) is 38.6. The molecule has 1 fully saturated rings. The van der Waals surface area contributed by atoms with Gasteiger partial charge >= 0.3 is 11.0 Å². The Morgan fingerprint density at radius 2 is 2.04 bits per heavy atom. The van der Waals surface area contributed by atoms with Crippen LogP contribution in [0.5, 0.6) is 0 Å². The lowest BCUT2D eigenvalue weighted by atomic mass is 10.1. The van der Waals surface area contributed by atoms with E-state index < -0.39 is 0 Å². The third-order valence-electron chi connectivity index (χ3n) is 4.23. The van der Waals surface area contributed by atoms with Crippen LogP contribution in [0.1, 0.15) is 12.8 Å². The van der Waals surface area contributed by atoms with E-state index in [0.717, 1.165) is 11.3 Å². The normalized spacial score (nSPS) is 15.0. The summed E-state index contributed by atoms with van der Waals surface area (Å²) in [5.74, 6) is 2.04. The van der Waals surface area contributed by atoms with Gasteiger partial charge in [-0.3, -0.25) is 4.79 Å². The predicted molar refractivity (Wildman–Crippen MR) is 101 cm³/mol. The van der Waals surface area contributed by atoms with Gasteiger partial charge < -0.3 is 14.5 Å². The summed E-state index contributed by atoms with van der Waals surface area (Å²) in [6, 6.07) is 5.24. The van der Waals surface area contributed by atoms with E-state index in [-0.39, 0.29) is 22.9 Å². The zero-order valence-electron chi connectivity index (χ0n) is 14.4. The lowest BCUT2D eigenvalue weighted by molar-refractivity contribution is 0.0456. The van der Waals surface area contributed by atoms with Crippen LogP contribution in [0.3, 0.4) is 0 Å². The number of hydrogen-bond acceptors (Lipinski definition) is 6. The minimum atomic E-state index is -0.388. The average Bonchev–Trinajstić information content (AvgIpc) is 2.94. The SMILES string of the molecule is CN(C)C(=O)OC1CCN(C(=C=O)n2c(=O)sc3cccc(Cl)c32)CC1. The number of fused-ring (bicyclic) bond motifs is 1. The summed E-state index contributed by atoms with van der Waals surface area (Å²) in [7, 11) is 3.26. The number of aromatic nitrogens is 1. The van der Waals surface area contributed by atoms with E-state index in [9.17, 15) is 14.4 Å². The van der Waals surface area contributed by atoms with E-state index >= 15 is 0 Å². The number of piperidine rings is 1. The Hall–Kier alpha value is -2.28. The van der Waals surface area contributed by atoms with Crippen LogP contribution in [0.2, 0.25) is 5.02 Å². The molecule has 0 radical (unpaired) electrons. The van der Waals surface area contributed by atoms with Crippen LogP contribution in [-0.2, 0) is 9.53 Å². The summed E-state index contributed by atoms with van der Waals surface area (Å²) in [6.45, 7) is 0.953. The van der Waals surface area contributed by atoms with Crippen LogP contribution in [0.15, 0.2) is 23.0 Å². The summed E-state index contributed by atoms with van der Waals surface area (Å²) in [5, 5.41) is 0.406. The molecule has 0 N–H and O–H groups in total. The maximum atomic E-state index is 12.4. The second kappa shape index (κ2) is 7.53. The Balaban J connectivity index is 1.82. The summed E-state index contributed by atoms with van der Waals surface area (Å²) >= 11 is 7.28. The minimum Gasteiger partial charge on any atom is -0.446 e. The van der Waals surface area contributed by atoms with Crippen LogP contribution in [0, 0.1) is 0 Å². The van der Waals surface area contributed by atoms with Gasteiger partial charge in [0.05, 0.1) is 15.2 Å². The fourth-order valence-electron chi connectivity index (χ4n) is 2.90. The number of benzene rings is 1. The van der Waals surface area contributed by atoms with Crippen LogP contribution >= 0.6 is 22.9 Å². The molecule has 1 aromatic heterocycles. The van der Waals surface area contributed by atoms with Gasteiger partial charge in [-0.15, -0.1) is 0 Å². The topological polar surface area (TPSA) is 71.8 Å². The number of rotatable bonds is 3. The van der Waals surface area contributed by atoms with Crippen molar-refractivity contribution >= 4 is 51.0 Å². The van der Waals surface area contributed by atoms with Gasteiger partial charge in [0, 0.05) is 40.0 Å². The molecule has 26 heavy (non-hydrogen) atoms. The van der Waals surface area contributed by atoms with Gasteiger partial charge in [0.25, 0.3) is 0 Å². The molecular weight excluding hydrogens is 378 g/mol. The molecule has 0 unspecified atom stereocenters. The largest absolute Gasteiger partial charge is 0.446 e. The smallest absolute Gasteiger partial charge is 0.409 e. The number of likely N-dealkylation sites (tertiary alicyclic amines) is 1. The van der Waals surface area contributed by atoms with E-state index in [0.29, 0.717) is 41.2 Å². The third-order valence-corrected chi connectivity index (χ3v) is 5.44. The fraction of sp³-hybridized carbons (Fsp3) is 0.412. The molecule has 138 valence electrons. The molecule has 1 aliphatic rings.